The normalized spacial score (nSPS) is 32.7. The molecule has 108 valence electrons. The van der Waals surface area contributed by atoms with Crippen LogP contribution in [0.15, 0.2) is 18.2 Å². The van der Waals surface area contributed by atoms with Gasteiger partial charge in [0.2, 0.25) is 0 Å². The van der Waals surface area contributed by atoms with Gasteiger partial charge in [0.05, 0.1) is 7.11 Å². The molecular formula is C18H24O2. The molecule has 0 aromatic heterocycles. The van der Waals surface area contributed by atoms with E-state index in [1.165, 1.54) is 49.5 Å². The van der Waals surface area contributed by atoms with E-state index in [1.54, 1.807) is 7.11 Å². The lowest BCUT2D eigenvalue weighted by Crippen LogP contribution is -2.41. The average Bonchev–Trinajstić information content (AvgIpc) is 2.48. The lowest BCUT2D eigenvalue weighted by atomic mass is 9.56. The number of carbonyl (C=O) groups excluding carboxylic acids is 1. The molecule has 1 aromatic carbocycles. The molecule has 2 saturated carbocycles. The molecular weight excluding hydrogens is 248 g/mol. The van der Waals surface area contributed by atoms with Crippen molar-refractivity contribution in [3.05, 3.63) is 29.3 Å². The minimum Gasteiger partial charge on any atom is -0.496 e. The minimum absolute atomic E-state index is 0.308. The van der Waals surface area contributed by atoms with Crippen LogP contribution in [0.25, 0.3) is 0 Å². The number of hydrogen-bond donors (Lipinski definition) is 0. The Kier molecular flexibility index (Phi) is 3.57. The number of methoxy groups -OCH3 is 1. The van der Waals surface area contributed by atoms with Crippen molar-refractivity contribution < 1.29 is 9.53 Å². The quantitative estimate of drug-likeness (QED) is 0.776. The molecule has 0 N–H and O–H groups in total. The molecule has 0 spiro atoms. The van der Waals surface area contributed by atoms with Crippen LogP contribution in [0.4, 0.5) is 0 Å². The van der Waals surface area contributed by atoms with Crippen molar-refractivity contribution in [1.82, 2.24) is 0 Å². The summed E-state index contributed by atoms with van der Waals surface area (Å²) in [7, 11) is 1.73. The van der Waals surface area contributed by atoms with Crippen LogP contribution in [0, 0.1) is 18.8 Å². The standard InChI is InChI=1S/C18H24O2/c1-13-10-16(5-6-17(13)20-2)18-8-3-4-14(11-18)15(12-19)7-9-18/h5-6,10,12,14-15H,3-4,7-9,11H2,1-2H3. The third kappa shape index (κ3) is 2.15. The van der Waals surface area contributed by atoms with Gasteiger partial charge in [-0.1, -0.05) is 18.6 Å². The van der Waals surface area contributed by atoms with Crippen LogP contribution in [0.3, 0.4) is 0 Å². The lowest BCUT2D eigenvalue weighted by molar-refractivity contribution is -0.114. The van der Waals surface area contributed by atoms with Crippen LogP contribution in [0.1, 0.15) is 49.7 Å². The van der Waals surface area contributed by atoms with E-state index in [1.807, 2.05) is 0 Å². The molecule has 0 radical (unpaired) electrons. The maximum atomic E-state index is 11.2. The highest BCUT2D eigenvalue weighted by molar-refractivity contribution is 5.55. The first-order valence-corrected chi connectivity index (χ1v) is 7.79. The van der Waals surface area contributed by atoms with E-state index < -0.39 is 0 Å². The van der Waals surface area contributed by atoms with Crippen molar-refractivity contribution in [1.29, 1.82) is 0 Å². The molecule has 20 heavy (non-hydrogen) atoms. The van der Waals surface area contributed by atoms with Crippen molar-refractivity contribution >= 4 is 6.29 Å². The number of ether oxygens (including phenoxy) is 1. The zero-order chi connectivity index (χ0) is 14.2. The Hall–Kier alpha value is -1.31. The van der Waals surface area contributed by atoms with E-state index in [9.17, 15) is 4.79 Å². The molecule has 0 saturated heterocycles. The first-order chi connectivity index (χ1) is 9.68. The number of fused-ring (bicyclic) bond motifs is 2. The molecule has 0 heterocycles. The topological polar surface area (TPSA) is 26.3 Å². The van der Waals surface area contributed by atoms with Crippen LogP contribution in [0.5, 0.6) is 5.75 Å². The van der Waals surface area contributed by atoms with Crippen LogP contribution in [-0.2, 0) is 10.2 Å². The van der Waals surface area contributed by atoms with Gasteiger partial charge in [0, 0.05) is 5.92 Å². The van der Waals surface area contributed by atoms with Gasteiger partial charge in [-0.05, 0) is 67.6 Å². The second-order valence-electron chi connectivity index (χ2n) is 6.66. The summed E-state index contributed by atoms with van der Waals surface area (Å²) >= 11 is 0. The lowest BCUT2D eigenvalue weighted by Gasteiger charge is -2.48. The predicted molar refractivity (Wildman–Crippen MR) is 80.2 cm³/mol. The number of benzene rings is 1. The Balaban J connectivity index is 1.92. The SMILES string of the molecule is COc1ccc(C23CCCC(C2)C(C=O)CC3)cc1C. The molecule has 2 fully saturated rings. The molecule has 2 nitrogen and oxygen atoms in total. The van der Waals surface area contributed by atoms with Gasteiger partial charge in [0.1, 0.15) is 12.0 Å². The number of aldehydes is 1. The van der Waals surface area contributed by atoms with Gasteiger partial charge < -0.3 is 9.53 Å². The van der Waals surface area contributed by atoms with Crippen molar-refractivity contribution in [3.8, 4) is 5.75 Å². The summed E-state index contributed by atoms with van der Waals surface area (Å²) in [6, 6.07) is 6.66. The first-order valence-electron chi connectivity index (χ1n) is 7.79. The van der Waals surface area contributed by atoms with Crippen LogP contribution in [0.2, 0.25) is 0 Å². The zero-order valence-corrected chi connectivity index (χ0v) is 12.5. The van der Waals surface area contributed by atoms with E-state index in [2.05, 4.69) is 25.1 Å². The number of aryl methyl sites for hydroxylation is 1. The highest BCUT2D eigenvalue weighted by Gasteiger charge is 2.44. The highest BCUT2D eigenvalue weighted by Crippen LogP contribution is 2.52. The third-order valence-electron chi connectivity index (χ3n) is 5.63. The van der Waals surface area contributed by atoms with Crippen molar-refractivity contribution in [3.63, 3.8) is 0 Å². The van der Waals surface area contributed by atoms with Crippen molar-refractivity contribution in [2.24, 2.45) is 11.8 Å². The van der Waals surface area contributed by atoms with Gasteiger partial charge in [-0.3, -0.25) is 0 Å². The first kappa shape index (κ1) is 13.7. The van der Waals surface area contributed by atoms with Gasteiger partial charge >= 0.3 is 0 Å². The fourth-order valence-electron chi connectivity index (χ4n) is 4.47. The van der Waals surface area contributed by atoms with E-state index in [4.69, 9.17) is 4.74 Å². The van der Waals surface area contributed by atoms with Crippen LogP contribution < -0.4 is 4.74 Å². The van der Waals surface area contributed by atoms with Crippen LogP contribution >= 0.6 is 0 Å². The highest BCUT2D eigenvalue weighted by atomic mass is 16.5. The molecule has 1 aromatic rings. The van der Waals surface area contributed by atoms with Crippen molar-refractivity contribution in [2.75, 3.05) is 7.11 Å². The fourth-order valence-corrected chi connectivity index (χ4v) is 4.47. The predicted octanol–water partition coefficient (Wildman–Crippen LogP) is 4.04. The summed E-state index contributed by atoms with van der Waals surface area (Å²) in [5.74, 6) is 1.89. The minimum atomic E-state index is 0.308. The smallest absolute Gasteiger partial charge is 0.123 e. The van der Waals surface area contributed by atoms with E-state index in [0.717, 1.165) is 12.2 Å². The Bertz CT molecular complexity index is 508. The molecule has 0 aliphatic heterocycles. The maximum Gasteiger partial charge on any atom is 0.123 e. The molecule has 3 atom stereocenters. The van der Waals surface area contributed by atoms with Crippen LogP contribution in [-0.4, -0.2) is 13.4 Å². The van der Waals surface area contributed by atoms with E-state index in [-0.39, 0.29) is 0 Å². The Morgan fingerprint density at radius 2 is 2.15 bits per heavy atom. The molecule has 2 bridgehead atoms. The average molecular weight is 272 g/mol. The number of carbonyl (C=O) groups is 1. The Morgan fingerprint density at radius 3 is 2.85 bits per heavy atom. The second-order valence-corrected chi connectivity index (χ2v) is 6.66. The molecule has 3 rings (SSSR count). The summed E-state index contributed by atoms with van der Waals surface area (Å²) in [5, 5.41) is 0. The maximum absolute atomic E-state index is 11.2. The summed E-state index contributed by atoms with van der Waals surface area (Å²) in [4.78, 5) is 11.2. The van der Waals surface area contributed by atoms with E-state index in [0.29, 0.717) is 17.3 Å². The number of hydrogen-bond acceptors (Lipinski definition) is 2. The van der Waals surface area contributed by atoms with Gasteiger partial charge in [-0.25, -0.2) is 0 Å². The molecule has 0 amide bonds. The summed E-state index contributed by atoms with van der Waals surface area (Å²) < 4.78 is 5.38. The Morgan fingerprint density at radius 1 is 1.30 bits per heavy atom. The molecule has 2 aliphatic carbocycles. The monoisotopic (exact) mass is 272 g/mol. The summed E-state index contributed by atoms with van der Waals surface area (Å²) in [6.45, 7) is 2.12. The van der Waals surface area contributed by atoms with E-state index >= 15 is 0 Å². The largest absolute Gasteiger partial charge is 0.496 e. The van der Waals surface area contributed by atoms with Crippen molar-refractivity contribution in [2.45, 2.75) is 50.9 Å². The zero-order valence-electron chi connectivity index (χ0n) is 12.5. The summed E-state index contributed by atoms with van der Waals surface area (Å²) in [5.41, 5.74) is 3.00. The number of rotatable bonds is 3. The van der Waals surface area contributed by atoms with Gasteiger partial charge in [-0.2, -0.15) is 0 Å². The fraction of sp³-hybridized carbons (Fsp3) is 0.611. The second kappa shape index (κ2) is 5.23. The third-order valence-corrected chi connectivity index (χ3v) is 5.63. The molecule has 3 unspecified atom stereocenters. The summed E-state index contributed by atoms with van der Waals surface area (Å²) in [6.07, 6.45) is 8.42. The van der Waals surface area contributed by atoms with Gasteiger partial charge in [0.25, 0.3) is 0 Å². The van der Waals surface area contributed by atoms with Gasteiger partial charge in [0.15, 0.2) is 0 Å². The Labute approximate surface area is 121 Å². The molecule has 2 aliphatic rings. The molecule has 2 heteroatoms. The van der Waals surface area contributed by atoms with Gasteiger partial charge in [-0.15, -0.1) is 0 Å².